The summed E-state index contributed by atoms with van der Waals surface area (Å²) in [6.07, 6.45) is 0.666. The molecule has 0 saturated heterocycles. The Balaban J connectivity index is 2.07. The summed E-state index contributed by atoms with van der Waals surface area (Å²) in [5.41, 5.74) is 1.29. The first kappa shape index (κ1) is 19.9. The lowest BCUT2D eigenvalue weighted by Gasteiger charge is -2.42. The van der Waals surface area contributed by atoms with Crippen molar-refractivity contribution in [3.05, 3.63) is 50.9 Å². The SMILES string of the molecule is COC(=O)c1c(NC(=O)c2cccc(Cl)c2)sc2c1CC(C)(C)NC2(C)C. The lowest BCUT2D eigenvalue weighted by Crippen LogP contribution is -2.55. The Morgan fingerprint density at radius 3 is 2.59 bits per heavy atom. The van der Waals surface area contributed by atoms with Crippen LogP contribution >= 0.6 is 22.9 Å². The van der Waals surface area contributed by atoms with Gasteiger partial charge in [-0.25, -0.2) is 4.79 Å². The van der Waals surface area contributed by atoms with Crippen LogP contribution in [0.2, 0.25) is 5.02 Å². The predicted molar refractivity (Wildman–Crippen MR) is 109 cm³/mol. The van der Waals surface area contributed by atoms with Crippen LogP contribution in [-0.4, -0.2) is 24.5 Å². The van der Waals surface area contributed by atoms with Gasteiger partial charge in [-0.2, -0.15) is 0 Å². The van der Waals surface area contributed by atoms with Gasteiger partial charge in [0.15, 0.2) is 0 Å². The monoisotopic (exact) mass is 406 g/mol. The molecule has 3 rings (SSSR count). The minimum absolute atomic E-state index is 0.186. The lowest BCUT2D eigenvalue weighted by molar-refractivity contribution is 0.0600. The Labute approximate surface area is 168 Å². The van der Waals surface area contributed by atoms with E-state index in [0.717, 1.165) is 10.4 Å². The number of hydrogen-bond acceptors (Lipinski definition) is 5. The molecule has 7 heteroatoms. The van der Waals surface area contributed by atoms with E-state index in [1.165, 1.54) is 18.4 Å². The van der Waals surface area contributed by atoms with Crippen LogP contribution in [0.25, 0.3) is 0 Å². The zero-order valence-corrected chi connectivity index (χ0v) is 17.6. The average molecular weight is 407 g/mol. The topological polar surface area (TPSA) is 67.4 Å². The summed E-state index contributed by atoms with van der Waals surface area (Å²) in [5.74, 6) is -0.756. The van der Waals surface area contributed by atoms with Crippen molar-refractivity contribution in [3.8, 4) is 0 Å². The maximum Gasteiger partial charge on any atom is 0.341 e. The molecule has 1 aliphatic heterocycles. The number of anilines is 1. The molecule has 0 radical (unpaired) electrons. The molecule has 2 aromatic rings. The van der Waals surface area contributed by atoms with Gasteiger partial charge in [-0.05, 0) is 57.9 Å². The number of hydrogen-bond donors (Lipinski definition) is 2. The number of benzene rings is 1. The Bertz CT molecular complexity index is 918. The number of esters is 1. The predicted octanol–water partition coefficient (Wildman–Crippen LogP) is 4.60. The van der Waals surface area contributed by atoms with Gasteiger partial charge < -0.3 is 15.4 Å². The quantitative estimate of drug-likeness (QED) is 0.731. The summed E-state index contributed by atoms with van der Waals surface area (Å²) in [4.78, 5) is 26.3. The molecule has 27 heavy (non-hydrogen) atoms. The third-order valence-electron chi connectivity index (χ3n) is 4.55. The molecule has 5 nitrogen and oxygen atoms in total. The number of carbonyl (C=O) groups excluding carboxylic acids is 2. The minimum Gasteiger partial charge on any atom is -0.465 e. The third-order valence-corrected chi connectivity index (χ3v) is 6.25. The number of methoxy groups -OCH3 is 1. The molecule has 0 aliphatic carbocycles. The van der Waals surface area contributed by atoms with Crippen molar-refractivity contribution in [1.82, 2.24) is 5.32 Å². The Hall–Kier alpha value is -1.89. The largest absolute Gasteiger partial charge is 0.465 e. The maximum absolute atomic E-state index is 12.7. The van der Waals surface area contributed by atoms with Gasteiger partial charge in [0.05, 0.1) is 12.7 Å². The van der Waals surface area contributed by atoms with E-state index in [0.29, 0.717) is 27.6 Å². The van der Waals surface area contributed by atoms with Crippen molar-refractivity contribution in [2.75, 3.05) is 12.4 Å². The summed E-state index contributed by atoms with van der Waals surface area (Å²) >= 11 is 7.40. The van der Waals surface area contributed by atoms with Crippen molar-refractivity contribution in [2.45, 2.75) is 45.2 Å². The molecule has 1 aliphatic rings. The number of rotatable bonds is 3. The highest BCUT2D eigenvalue weighted by Crippen LogP contribution is 2.45. The van der Waals surface area contributed by atoms with Crippen LogP contribution in [0, 0.1) is 0 Å². The summed E-state index contributed by atoms with van der Waals surface area (Å²) in [7, 11) is 1.35. The minimum atomic E-state index is -0.442. The van der Waals surface area contributed by atoms with Gasteiger partial charge in [-0.15, -0.1) is 11.3 Å². The molecule has 144 valence electrons. The number of fused-ring (bicyclic) bond motifs is 1. The molecular formula is C20H23ClN2O3S. The van der Waals surface area contributed by atoms with Gasteiger partial charge in [-0.3, -0.25) is 4.79 Å². The highest BCUT2D eigenvalue weighted by Gasteiger charge is 2.42. The van der Waals surface area contributed by atoms with Gasteiger partial charge in [0.25, 0.3) is 5.91 Å². The molecular weight excluding hydrogens is 384 g/mol. The van der Waals surface area contributed by atoms with E-state index in [9.17, 15) is 9.59 Å². The molecule has 0 fully saturated rings. The van der Waals surface area contributed by atoms with Crippen LogP contribution in [0.1, 0.15) is 58.9 Å². The smallest absolute Gasteiger partial charge is 0.341 e. The summed E-state index contributed by atoms with van der Waals surface area (Å²) < 4.78 is 5.02. The Morgan fingerprint density at radius 1 is 1.26 bits per heavy atom. The van der Waals surface area contributed by atoms with Gasteiger partial charge in [0.1, 0.15) is 5.00 Å². The van der Waals surface area contributed by atoms with E-state index in [1.807, 2.05) is 0 Å². The van der Waals surface area contributed by atoms with Crippen molar-refractivity contribution >= 4 is 39.8 Å². The summed E-state index contributed by atoms with van der Waals surface area (Å²) in [5, 5.41) is 7.47. The number of ether oxygens (including phenoxy) is 1. The van der Waals surface area contributed by atoms with E-state index >= 15 is 0 Å². The van der Waals surface area contributed by atoms with E-state index in [1.54, 1.807) is 24.3 Å². The third kappa shape index (κ3) is 3.88. The van der Waals surface area contributed by atoms with Crippen LogP contribution in [0.4, 0.5) is 5.00 Å². The lowest BCUT2D eigenvalue weighted by atomic mass is 9.81. The molecule has 1 aromatic carbocycles. The molecule has 0 bridgehead atoms. The molecule has 1 aromatic heterocycles. The fourth-order valence-corrected chi connectivity index (χ4v) is 5.19. The van der Waals surface area contributed by atoms with Crippen molar-refractivity contribution in [3.63, 3.8) is 0 Å². The highest BCUT2D eigenvalue weighted by molar-refractivity contribution is 7.17. The molecule has 1 amide bonds. The number of thiophene rings is 1. The van der Waals surface area contributed by atoms with Crippen molar-refractivity contribution in [1.29, 1.82) is 0 Å². The fraction of sp³-hybridized carbons (Fsp3) is 0.400. The molecule has 2 heterocycles. The van der Waals surface area contributed by atoms with Gasteiger partial charge in [0, 0.05) is 26.5 Å². The molecule has 2 N–H and O–H groups in total. The molecule has 0 unspecified atom stereocenters. The second-order valence-corrected chi connectivity index (χ2v) is 9.34. The fourth-order valence-electron chi connectivity index (χ4n) is 3.74. The summed E-state index contributed by atoms with van der Waals surface area (Å²) in [6.45, 7) is 8.35. The van der Waals surface area contributed by atoms with E-state index in [2.05, 4.69) is 38.3 Å². The van der Waals surface area contributed by atoms with E-state index in [4.69, 9.17) is 16.3 Å². The normalized spacial score (nSPS) is 17.1. The highest BCUT2D eigenvalue weighted by atomic mass is 35.5. The first-order valence-electron chi connectivity index (χ1n) is 8.65. The zero-order valence-electron chi connectivity index (χ0n) is 16.0. The number of nitrogens with one attached hydrogen (secondary N) is 2. The van der Waals surface area contributed by atoms with Gasteiger partial charge in [0.2, 0.25) is 0 Å². The molecule has 0 spiro atoms. The standard InChI is InChI=1S/C20H23ClN2O3S/c1-19(2)10-13-14(18(25)26-5)17(27-15(13)20(3,4)23-19)22-16(24)11-7-6-8-12(21)9-11/h6-9,23H,10H2,1-5H3,(H,22,24). The van der Waals surface area contributed by atoms with Crippen LogP contribution in [0.5, 0.6) is 0 Å². The second kappa shape index (κ2) is 6.93. The first-order chi connectivity index (χ1) is 12.5. The molecule has 0 saturated carbocycles. The number of amides is 1. The number of carbonyl (C=O) groups is 2. The van der Waals surface area contributed by atoms with E-state index in [-0.39, 0.29) is 17.0 Å². The van der Waals surface area contributed by atoms with Crippen LogP contribution in [0.15, 0.2) is 24.3 Å². The van der Waals surface area contributed by atoms with Gasteiger partial charge >= 0.3 is 5.97 Å². The van der Waals surface area contributed by atoms with Crippen LogP contribution < -0.4 is 10.6 Å². The molecule has 0 atom stereocenters. The number of halogens is 1. The Kier molecular flexibility index (Phi) is 5.10. The Morgan fingerprint density at radius 2 is 1.96 bits per heavy atom. The van der Waals surface area contributed by atoms with E-state index < -0.39 is 5.97 Å². The second-order valence-electron chi connectivity index (χ2n) is 7.88. The van der Waals surface area contributed by atoms with Gasteiger partial charge in [-0.1, -0.05) is 17.7 Å². The van der Waals surface area contributed by atoms with Crippen molar-refractivity contribution in [2.24, 2.45) is 0 Å². The maximum atomic E-state index is 12.7. The van der Waals surface area contributed by atoms with Crippen LogP contribution in [0.3, 0.4) is 0 Å². The van der Waals surface area contributed by atoms with Crippen LogP contribution in [-0.2, 0) is 16.7 Å². The first-order valence-corrected chi connectivity index (χ1v) is 9.84. The zero-order chi connectivity index (χ0) is 20.0. The van der Waals surface area contributed by atoms with Crippen molar-refractivity contribution < 1.29 is 14.3 Å². The summed E-state index contributed by atoms with van der Waals surface area (Å²) in [6, 6.07) is 6.70. The average Bonchev–Trinajstić information content (AvgIpc) is 2.91.